The SMILES string of the molecule is CC(=O)Nc1ccc(NC(=O)c2ccc(S(C)(=O)=O)o2)cc1. The summed E-state index contributed by atoms with van der Waals surface area (Å²) >= 11 is 0. The Morgan fingerprint density at radius 1 is 0.955 bits per heavy atom. The highest BCUT2D eigenvalue weighted by Crippen LogP contribution is 2.17. The smallest absolute Gasteiger partial charge is 0.291 e. The molecule has 0 saturated carbocycles. The van der Waals surface area contributed by atoms with Crippen molar-refractivity contribution in [3.05, 3.63) is 42.2 Å². The van der Waals surface area contributed by atoms with Crippen LogP contribution in [-0.4, -0.2) is 26.5 Å². The van der Waals surface area contributed by atoms with Gasteiger partial charge in [0.2, 0.25) is 20.8 Å². The summed E-state index contributed by atoms with van der Waals surface area (Å²) in [6.07, 6.45) is 0.994. The van der Waals surface area contributed by atoms with Crippen molar-refractivity contribution in [2.75, 3.05) is 16.9 Å². The largest absolute Gasteiger partial charge is 0.440 e. The molecule has 0 aliphatic heterocycles. The molecule has 1 heterocycles. The number of carbonyl (C=O) groups is 2. The van der Waals surface area contributed by atoms with Gasteiger partial charge in [0.05, 0.1) is 0 Å². The predicted octanol–water partition coefficient (Wildman–Crippen LogP) is 1.89. The normalized spacial score (nSPS) is 11.0. The van der Waals surface area contributed by atoms with Gasteiger partial charge in [-0.3, -0.25) is 9.59 Å². The lowest BCUT2D eigenvalue weighted by Gasteiger charge is -2.05. The van der Waals surface area contributed by atoms with Crippen molar-refractivity contribution in [3.8, 4) is 0 Å². The molecule has 2 amide bonds. The third-order valence-electron chi connectivity index (χ3n) is 2.63. The molecule has 22 heavy (non-hydrogen) atoms. The number of sulfone groups is 1. The van der Waals surface area contributed by atoms with Crippen LogP contribution in [0.2, 0.25) is 0 Å². The van der Waals surface area contributed by atoms with Crippen LogP contribution < -0.4 is 10.6 Å². The van der Waals surface area contributed by atoms with E-state index in [2.05, 4.69) is 10.6 Å². The Morgan fingerprint density at radius 2 is 1.50 bits per heavy atom. The summed E-state index contributed by atoms with van der Waals surface area (Å²) in [6, 6.07) is 8.97. The van der Waals surface area contributed by atoms with Crippen LogP contribution in [0.1, 0.15) is 17.5 Å². The molecular formula is C14H14N2O5S. The number of hydrogen-bond donors (Lipinski definition) is 2. The maximum atomic E-state index is 11.9. The zero-order valence-corrected chi connectivity index (χ0v) is 12.7. The van der Waals surface area contributed by atoms with E-state index in [0.29, 0.717) is 11.4 Å². The van der Waals surface area contributed by atoms with Gasteiger partial charge in [0, 0.05) is 24.6 Å². The molecule has 0 aliphatic carbocycles. The Kier molecular flexibility index (Phi) is 4.32. The molecule has 0 bridgehead atoms. The topological polar surface area (TPSA) is 105 Å². The van der Waals surface area contributed by atoms with E-state index in [1.807, 2.05) is 0 Å². The highest BCUT2D eigenvalue weighted by Gasteiger charge is 2.17. The number of nitrogens with one attached hydrogen (secondary N) is 2. The van der Waals surface area contributed by atoms with Gasteiger partial charge in [-0.25, -0.2) is 8.42 Å². The zero-order chi connectivity index (χ0) is 16.3. The van der Waals surface area contributed by atoms with Crippen molar-refractivity contribution in [2.45, 2.75) is 12.0 Å². The molecule has 2 aromatic rings. The van der Waals surface area contributed by atoms with Gasteiger partial charge in [-0.05, 0) is 36.4 Å². The third-order valence-corrected chi connectivity index (χ3v) is 3.58. The minimum absolute atomic E-state index is 0.105. The van der Waals surface area contributed by atoms with Crippen molar-refractivity contribution >= 4 is 33.0 Å². The van der Waals surface area contributed by atoms with Crippen LogP contribution in [0, 0.1) is 0 Å². The molecule has 0 aliphatic rings. The molecule has 0 unspecified atom stereocenters. The highest BCUT2D eigenvalue weighted by atomic mass is 32.2. The van der Waals surface area contributed by atoms with Gasteiger partial charge in [0.25, 0.3) is 5.91 Å². The van der Waals surface area contributed by atoms with E-state index in [9.17, 15) is 18.0 Å². The minimum Gasteiger partial charge on any atom is -0.440 e. The number of rotatable bonds is 4. The average Bonchev–Trinajstić information content (AvgIpc) is 2.90. The van der Waals surface area contributed by atoms with E-state index in [4.69, 9.17) is 4.42 Å². The minimum atomic E-state index is -3.49. The quantitative estimate of drug-likeness (QED) is 0.894. The highest BCUT2D eigenvalue weighted by molar-refractivity contribution is 7.90. The lowest BCUT2D eigenvalue weighted by Crippen LogP contribution is -2.11. The number of amides is 2. The fraction of sp³-hybridized carbons (Fsp3) is 0.143. The molecule has 1 aromatic carbocycles. The summed E-state index contributed by atoms with van der Waals surface area (Å²) in [6.45, 7) is 1.39. The lowest BCUT2D eigenvalue weighted by atomic mass is 10.2. The maximum absolute atomic E-state index is 11.9. The first kappa shape index (κ1) is 15.8. The van der Waals surface area contributed by atoms with Gasteiger partial charge in [0.15, 0.2) is 5.76 Å². The summed E-state index contributed by atoms with van der Waals surface area (Å²) in [5.41, 5.74) is 1.08. The molecule has 8 heteroatoms. The Labute approximate surface area is 127 Å². The molecule has 2 rings (SSSR count). The first-order chi connectivity index (χ1) is 10.3. The van der Waals surface area contributed by atoms with Crippen LogP contribution in [0.5, 0.6) is 0 Å². The predicted molar refractivity (Wildman–Crippen MR) is 80.5 cm³/mol. The summed E-state index contributed by atoms with van der Waals surface area (Å²) in [5.74, 6) is -0.866. The summed E-state index contributed by atoms with van der Waals surface area (Å²) in [7, 11) is -3.49. The molecule has 0 saturated heterocycles. The number of hydrogen-bond acceptors (Lipinski definition) is 5. The molecule has 0 spiro atoms. The van der Waals surface area contributed by atoms with Crippen LogP contribution in [0.3, 0.4) is 0 Å². The van der Waals surface area contributed by atoms with Crippen LogP contribution >= 0.6 is 0 Å². The second kappa shape index (κ2) is 6.02. The van der Waals surface area contributed by atoms with E-state index in [1.165, 1.54) is 19.1 Å². The van der Waals surface area contributed by atoms with Gasteiger partial charge < -0.3 is 15.1 Å². The number of benzene rings is 1. The molecule has 116 valence electrons. The molecule has 0 fully saturated rings. The van der Waals surface area contributed by atoms with Crippen molar-refractivity contribution in [3.63, 3.8) is 0 Å². The lowest BCUT2D eigenvalue weighted by molar-refractivity contribution is -0.114. The van der Waals surface area contributed by atoms with Gasteiger partial charge >= 0.3 is 0 Å². The van der Waals surface area contributed by atoms with Crippen molar-refractivity contribution in [1.29, 1.82) is 0 Å². The second-order valence-corrected chi connectivity index (χ2v) is 6.55. The molecule has 1 aromatic heterocycles. The molecule has 2 N–H and O–H groups in total. The standard InChI is InChI=1S/C14H14N2O5S/c1-9(17)15-10-3-5-11(6-4-10)16-14(18)12-7-8-13(21-12)22(2,19)20/h3-8H,1-2H3,(H,15,17)(H,16,18). The molecule has 0 radical (unpaired) electrons. The molecular weight excluding hydrogens is 308 g/mol. The number of furan rings is 1. The van der Waals surface area contributed by atoms with Gasteiger partial charge in [-0.2, -0.15) is 0 Å². The van der Waals surface area contributed by atoms with E-state index in [-0.39, 0.29) is 16.8 Å². The average molecular weight is 322 g/mol. The van der Waals surface area contributed by atoms with Crippen molar-refractivity contribution < 1.29 is 22.4 Å². The first-order valence-electron chi connectivity index (χ1n) is 6.24. The van der Waals surface area contributed by atoms with E-state index < -0.39 is 15.7 Å². The van der Waals surface area contributed by atoms with Crippen LogP contribution in [-0.2, 0) is 14.6 Å². The summed E-state index contributed by atoms with van der Waals surface area (Å²) in [5, 5.41) is 4.90. The van der Waals surface area contributed by atoms with Crippen LogP contribution in [0.15, 0.2) is 45.9 Å². The van der Waals surface area contributed by atoms with Gasteiger partial charge in [-0.1, -0.05) is 0 Å². The zero-order valence-electron chi connectivity index (χ0n) is 11.9. The first-order valence-corrected chi connectivity index (χ1v) is 8.14. The van der Waals surface area contributed by atoms with Gasteiger partial charge in [0.1, 0.15) is 0 Å². The van der Waals surface area contributed by atoms with Crippen LogP contribution in [0.4, 0.5) is 11.4 Å². The van der Waals surface area contributed by atoms with Crippen molar-refractivity contribution in [2.24, 2.45) is 0 Å². The fourth-order valence-corrected chi connectivity index (χ4v) is 2.23. The van der Waals surface area contributed by atoms with E-state index in [0.717, 1.165) is 6.26 Å². The van der Waals surface area contributed by atoms with E-state index in [1.54, 1.807) is 24.3 Å². The Morgan fingerprint density at radius 3 is 1.95 bits per heavy atom. The second-order valence-electron chi connectivity index (χ2n) is 4.60. The van der Waals surface area contributed by atoms with Gasteiger partial charge in [-0.15, -0.1) is 0 Å². The van der Waals surface area contributed by atoms with Crippen molar-refractivity contribution in [1.82, 2.24) is 0 Å². The Bertz CT molecular complexity index is 806. The Hall–Kier alpha value is -2.61. The summed E-state index contributed by atoms with van der Waals surface area (Å²) < 4.78 is 27.6. The van der Waals surface area contributed by atoms with E-state index >= 15 is 0 Å². The fourth-order valence-electron chi connectivity index (χ4n) is 1.67. The summed E-state index contributed by atoms with van der Waals surface area (Å²) in [4.78, 5) is 22.8. The molecule has 7 nitrogen and oxygen atoms in total. The Balaban J connectivity index is 2.08. The maximum Gasteiger partial charge on any atom is 0.291 e. The third kappa shape index (κ3) is 3.95. The van der Waals surface area contributed by atoms with Crippen LogP contribution in [0.25, 0.3) is 0 Å². The number of anilines is 2. The molecule has 0 atom stereocenters. The number of carbonyl (C=O) groups excluding carboxylic acids is 2. The monoisotopic (exact) mass is 322 g/mol.